The van der Waals surface area contributed by atoms with Crippen molar-refractivity contribution < 1.29 is 57.4 Å². The molecule has 3 nitrogen and oxygen atoms in total. The Hall–Kier alpha value is 1.20. The van der Waals surface area contributed by atoms with E-state index in [0.29, 0.717) is 0 Å². The third-order valence-electron chi connectivity index (χ3n) is 0. The second-order valence-corrected chi connectivity index (χ2v) is 0. The maximum absolute atomic E-state index is 0. The molecule has 0 N–H and O–H groups in total. The van der Waals surface area contributed by atoms with Gasteiger partial charge >= 0.3 is 40.9 Å². The molecule has 0 aliphatic rings. The van der Waals surface area contributed by atoms with Crippen LogP contribution in [0.4, 0.5) is 0 Å². The Morgan fingerprint density at radius 1 is 0.667 bits per heavy atom. The molecule has 5 heteroatoms. The summed E-state index contributed by atoms with van der Waals surface area (Å²) in [5.41, 5.74) is 0. The molecule has 0 aromatic heterocycles. The molecule has 0 heterocycles. The second-order valence-electron chi connectivity index (χ2n) is 0. The van der Waals surface area contributed by atoms with Crippen molar-refractivity contribution >= 4 is 0 Å². The fourth-order valence-electron chi connectivity index (χ4n) is 0. The van der Waals surface area contributed by atoms with Crippen LogP contribution in [0.15, 0.2) is 0 Å². The molecule has 0 atom stereocenters. The second kappa shape index (κ2) is 116. The summed E-state index contributed by atoms with van der Waals surface area (Å²) in [5, 5.41) is 0. The summed E-state index contributed by atoms with van der Waals surface area (Å²) in [7, 11) is 0. The van der Waals surface area contributed by atoms with Gasteiger partial charge in [-0.05, 0) is 0 Å². The summed E-state index contributed by atoms with van der Waals surface area (Å²) in [6.07, 6.45) is 0. The largest absolute Gasteiger partial charge is 5.00 e. The van der Waals surface area contributed by atoms with Crippen molar-refractivity contribution in [2.75, 3.05) is 0 Å². The van der Waals surface area contributed by atoms with Gasteiger partial charge in [0.05, 0.1) is 0 Å². The summed E-state index contributed by atoms with van der Waals surface area (Å²) in [6, 6.07) is 0. The van der Waals surface area contributed by atoms with Gasteiger partial charge in [-0.15, -0.1) is 0 Å². The molecule has 0 aliphatic carbocycles. The van der Waals surface area contributed by atoms with E-state index >= 15 is 0 Å². The Kier molecular flexibility index (Phi) is 3690. The average molecular weight is 223 g/mol. The maximum Gasteiger partial charge on any atom is 5.00 e. The first-order valence-electron chi connectivity index (χ1n) is 0. The van der Waals surface area contributed by atoms with Gasteiger partial charge < -0.3 is 16.4 Å². The van der Waals surface area contributed by atoms with Crippen LogP contribution in [-0.4, -0.2) is 0 Å². The SMILES string of the molecule is C.[Ag+].[O-2].[O-2].[O-2].[V+5]. The summed E-state index contributed by atoms with van der Waals surface area (Å²) in [4.78, 5) is 0. The topological polar surface area (TPSA) is 85.5 Å². The van der Waals surface area contributed by atoms with Crippen LogP contribution in [0.5, 0.6) is 0 Å². The zero-order valence-corrected chi connectivity index (χ0v) is 4.85. The molecule has 0 unspecified atom stereocenters. The minimum Gasteiger partial charge on any atom is -2.00 e. The fourth-order valence-corrected chi connectivity index (χ4v) is 0. The molecule has 0 saturated heterocycles. The predicted octanol–water partition coefficient (Wildman–Crippen LogP) is 0.275. The van der Waals surface area contributed by atoms with Gasteiger partial charge in [0.15, 0.2) is 0 Å². The number of hydrogen-bond donors (Lipinski definition) is 0. The van der Waals surface area contributed by atoms with Gasteiger partial charge in [0.25, 0.3) is 0 Å². The minimum atomic E-state index is 0. The van der Waals surface area contributed by atoms with Gasteiger partial charge in [0.1, 0.15) is 0 Å². The Bertz CT molecular complexity index is 10.8. The van der Waals surface area contributed by atoms with E-state index in [2.05, 4.69) is 0 Å². The van der Waals surface area contributed by atoms with Gasteiger partial charge in [-0.25, -0.2) is 0 Å². The van der Waals surface area contributed by atoms with Gasteiger partial charge in [-0.1, -0.05) is 7.43 Å². The summed E-state index contributed by atoms with van der Waals surface area (Å²) < 4.78 is 0. The van der Waals surface area contributed by atoms with Crippen molar-refractivity contribution in [3.05, 3.63) is 0 Å². The number of hydrogen-bond acceptors (Lipinski definition) is 0. The van der Waals surface area contributed by atoms with Crippen molar-refractivity contribution in [2.45, 2.75) is 7.43 Å². The first-order valence-corrected chi connectivity index (χ1v) is 0. The van der Waals surface area contributed by atoms with E-state index in [1.165, 1.54) is 0 Å². The zero-order valence-electron chi connectivity index (χ0n) is 1.97. The quantitative estimate of drug-likeness (QED) is 0.528. The third kappa shape index (κ3) is 63.4. The van der Waals surface area contributed by atoms with Crippen LogP contribution < -0.4 is 0 Å². The molecule has 0 aromatic rings. The Morgan fingerprint density at radius 2 is 0.667 bits per heavy atom. The first kappa shape index (κ1) is 191. The summed E-state index contributed by atoms with van der Waals surface area (Å²) >= 11 is 0. The van der Waals surface area contributed by atoms with Gasteiger partial charge in [0.2, 0.25) is 0 Å². The molecule has 42 valence electrons. The molecule has 0 rings (SSSR count). The standard InChI is InChI=1S/CH4.Ag.3O.V/h1H4;;;;;/q;+1;3*-2;+5. The molecule has 0 fully saturated rings. The molecular formula is CH4AgO3V. The molecule has 0 amide bonds. The van der Waals surface area contributed by atoms with Crippen molar-refractivity contribution in [3.8, 4) is 0 Å². The van der Waals surface area contributed by atoms with Crippen LogP contribution in [0.25, 0.3) is 0 Å². The van der Waals surface area contributed by atoms with E-state index in [9.17, 15) is 0 Å². The fraction of sp³-hybridized carbons (Fsp3) is 1.00. The van der Waals surface area contributed by atoms with Gasteiger partial charge in [-0.2, -0.15) is 0 Å². The van der Waals surface area contributed by atoms with E-state index in [1.807, 2.05) is 0 Å². The first-order chi connectivity index (χ1) is 0. The molecule has 0 radical (unpaired) electrons. The van der Waals surface area contributed by atoms with E-state index in [0.717, 1.165) is 0 Å². The molecule has 0 saturated carbocycles. The Balaban J connectivity index is 0. The van der Waals surface area contributed by atoms with Gasteiger partial charge in [0, 0.05) is 0 Å². The smallest absolute Gasteiger partial charge is 2.00 e. The average Bonchev–Trinajstić information content (AvgIpc) is 0. The van der Waals surface area contributed by atoms with Crippen molar-refractivity contribution in [2.24, 2.45) is 0 Å². The minimum absolute atomic E-state index is 0. The van der Waals surface area contributed by atoms with Crippen molar-refractivity contribution in [3.63, 3.8) is 0 Å². The van der Waals surface area contributed by atoms with E-state index in [4.69, 9.17) is 0 Å². The van der Waals surface area contributed by atoms with Gasteiger partial charge in [-0.3, -0.25) is 0 Å². The Labute approximate surface area is 64.8 Å². The zero-order chi connectivity index (χ0) is 0. The molecule has 0 bridgehead atoms. The van der Waals surface area contributed by atoms with Crippen molar-refractivity contribution in [1.82, 2.24) is 0 Å². The van der Waals surface area contributed by atoms with E-state index in [1.54, 1.807) is 0 Å². The molecule has 0 aliphatic heterocycles. The normalized spacial score (nSPS) is 0. The molecule has 0 aromatic carbocycles. The molecule has 0 spiro atoms. The Morgan fingerprint density at radius 3 is 0.667 bits per heavy atom. The predicted molar refractivity (Wildman–Crippen MR) is 8.79 cm³/mol. The maximum atomic E-state index is 0. The molecule has 6 heavy (non-hydrogen) atoms. The van der Waals surface area contributed by atoms with Crippen LogP contribution in [0.3, 0.4) is 0 Å². The summed E-state index contributed by atoms with van der Waals surface area (Å²) in [5.74, 6) is 0. The van der Waals surface area contributed by atoms with Crippen LogP contribution in [-0.2, 0) is 57.4 Å². The van der Waals surface area contributed by atoms with E-state index < -0.39 is 0 Å². The van der Waals surface area contributed by atoms with Crippen LogP contribution in [0, 0.1) is 0 Å². The number of rotatable bonds is 0. The summed E-state index contributed by atoms with van der Waals surface area (Å²) in [6.45, 7) is 0. The monoisotopic (exact) mass is 222 g/mol. The van der Waals surface area contributed by atoms with Crippen molar-refractivity contribution in [1.29, 1.82) is 0 Å². The van der Waals surface area contributed by atoms with Crippen LogP contribution in [0.1, 0.15) is 7.43 Å². The molecular weight excluding hydrogens is 219 g/mol. The van der Waals surface area contributed by atoms with E-state index in [-0.39, 0.29) is 64.8 Å². The van der Waals surface area contributed by atoms with Crippen LogP contribution in [0.2, 0.25) is 0 Å². The third-order valence-corrected chi connectivity index (χ3v) is 0. The van der Waals surface area contributed by atoms with Crippen LogP contribution >= 0.6 is 0 Å².